The van der Waals surface area contributed by atoms with E-state index in [2.05, 4.69) is 15.0 Å². The van der Waals surface area contributed by atoms with E-state index in [1.165, 1.54) is 7.11 Å². The number of methoxy groups -OCH3 is 1. The number of rotatable bonds is 3. The van der Waals surface area contributed by atoms with Gasteiger partial charge in [0, 0.05) is 13.5 Å². The van der Waals surface area contributed by atoms with E-state index in [0.29, 0.717) is 18.9 Å². The molecule has 0 saturated heterocycles. The lowest BCUT2D eigenvalue weighted by Gasteiger charge is -2.15. The monoisotopic (exact) mass is 371 g/mol. The molecule has 4 nitrogen and oxygen atoms in total. The minimum Gasteiger partial charge on any atom is -0.384 e. The molecule has 102 valence electrons. The summed E-state index contributed by atoms with van der Waals surface area (Å²) in [6.07, 6.45) is 0.376. The van der Waals surface area contributed by atoms with Gasteiger partial charge in [0.1, 0.15) is 5.82 Å². The molecule has 0 N–H and O–H groups in total. The Morgan fingerprint density at radius 3 is 1.67 bits per heavy atom. The molecule has 0 atom stereocenters. The molecule has 1 rings (SSSR count). The third kappa shape index (κ3) is 5.00. The van der Waals surface area contributed by atoms with Gasteiger partial charge in [-0.05, 0) is 0 Å². The van der Waals surface area contributed by atoms with E-state index in [0.717, 1.165) is 0 Å². The average Bonchev–Trinajstić information content (AvgIpc) is 2.23. The molecule has 0 unspecified atom stereocenters. The van der Waals surface area contributed by atoms with Crippen LogP contribution in [0.25, 0.3) is 0 Å². The van der Waals surface area contributed by atoms with Gasteiger partial charge in [0.2, 0.25) is 7.59 Å². The first-order valence-electron chi connectivity index (χ1n) is 4.53. The van der Waals surface area contributed by atoms with Crippen LogP contribution in [0.1, 0.15) is 17.5 Å². The van der Waals surface area contributed by atoms with Crippen LogP contribution in [0.5, 0.6) is 0 Å². The number of halogens is 6. The molecule has 0 bridgehead atoms. The average molecular weight is 374 g/mol. The first kappa shape index (κ1) is 16.8. The van der Waals surface area contributed by atoms with Crippen LogP contribution in [0, 0.1) is 0 Å². The molecular weight excluding hydrogens is 367 g/mol. The standard InChI is InChI=1S/C8H7Cl6N3O/c1-18-3-2-4-15-5(7(9,10)11)17-6(16-4)8(12,13)14/h2-3H2,1H3. The first-order chi connectivity index (χ1) is 8.14. The van der Waals surface area contributed by atoms with Crippen molar-refractivity contribution in [2.24, 2.45) is 0 Å². The highest BCUT2D eigenvalue weighted by Gasteiger charge is 2.33. The Bertz CT molecular complexity index is 384. The fourth-order valence-electron chi connectivity index (χ4n) is 0.978. The molecule has 0 saturated carbocycles. The summed E-state index contributed by atoms with van der Waals surface area (Å²) in [6, 6.07) is 0. The molecule has 0 aliphatic rings. The van der Waals surface area contributed by atoms with Gasteiger partial charge in [-0.25, -0.2) is 15.0 Å². The van der Waals surface area contributed by atoms with Crippen LogP contribution in [0.3, 0.4) is 0 Å². The Morgan fingerprint density at radius 1 is 0.889 bits per heavy atom. The van der Waals surface area contributed by atoms with Crippen molar-refractivity contribution in [3.63, 3.8) is 0 Å². The maximum absolute atomic E-state index is 5.70. The lowest BCUT2D eigenvalue weighted by atomic mass is 10.4. The van der Waals surface area contributed by atoms with Crippen LogP contribution in [0.4, 0.5) is 0 Å². The van der Waals surface area contributed by atoms with Crippen LogP contribution in [0.2, 0.25) is 0 Å². The number of aromatic nitrogens is 3. The second-order valence-corrected chi connectivity index (χ2v) is 7.70. The number of ether oxygens (including phenoxy) is 1. The molecule has 1 aromatic rings. The number of hydrogen-bond acceptors (Lipinski definition) is 4. The predicted molar refractivity (Wildman–Crippen MR) is 73.9 cm³/mol. The lowest BCUT2D eigenvalue weighted by Crippen LogP contribution is -2.18. The van der Waals surface area contributed by atoms with Crippen LogP contribution < -0.4 is 0 Å². The second-order valence-electron chi connectivity index (χ2n) is 3.14. The summed E-state index contributed by atoms with van der Waals surface area (Å²) in [5, 5.41) is 0. The van der Waals surface area contributed by atoms with E-state index >= 15 is 0 Å². The fourth-order valence-corrected chi connectivity index (χ4v) is 1.49. The van der Waals surface area contributed by atoms with Gasteiger partial charge in [0.05, 0.1) is 6.61 Å². The molecule has 1 aromatic heterocycles. The van der Waals surface area contributed by atoms with Crippen molar-refractivity contribution in [2.75, 3.05) is 13.7 Å². The third-order valence-corrected chi connectivity index (χ3v) is 2.73. The van der Waals surface area contributed by atoms with E-state index < -0.39 is 7.59 Å². The van der Waals surface area contributed by atoms with Gasteiger partial charge in [-0.3, -0.25) is 0 Å². The normalized spacial score (nSPS) is 12.8. The quantitative estimate of drug-likeness (QED) is 0.758. The highest BCUT2D eigenvalue weighted by molar-refractivity contribution is 6.67. The number of alkyl halides is 6. The minimum absolute atomic E-state index is 0.102. The topological polar surface area (TPSA) is 47.9 Å². The molecule has 0 fully saturated rings. The van der Waals surface area contributed by atoms with E-state index in [9.17, 15) is 0 Å². The van der Waals surface area contributed by atoms with Crippen molar-refractivity contribution < 1.29 is 4.74 Å². The lowest BCUT2D eigenvalue weighted by molar-refractivity contribution is 0.200. The molecular formula is C8H7Cl6N3O. The van der Waals surface area contributed by atoms with Crippen LogP contribution >= 0.6 is 69.6 Å². The van der Waals surface area contributed by atoms with E-state index in [4.69, 9.17) is 74.3 Å². The van der Waals surface area contributed by atoms with Crippen LogP contribution in [-0.2, 0) is 18.7 Å². The summed E-state index contributed by atoms with van der Waals surface area (Å²) in [7, 11) is 1.53. The van der Waals surface area contributed by atoms with Gasteiger partial charge >= 0.3 is 0 Å². The van der Waals surface area contributed by atoms with Gasteiger partial charge in [0.25, 0.3) is 0 Å². The summed E-state index contributed by atoms with van der Waals surface area (Å²) in [5.74, 6) is 0.111. The second kappa shape index (κ2) is 6.44. The SMILES string of the molecule is COCCc1nc(C(Cl)(Cl)Cl)nc(C(Cl)(Cl)Cl)n1. The van der Waals surface area contributed by atoms with Crippen molar-refractivity contribution in [1.29, 1.82) is 0 Å². The minimum atomic E-state index is -1.82. The van der Waals surface area contributed by atoms with Gasteiger partial charge in [-0.1, -0.05) is 69.6 Å². The maximum atomic E-state index is 5.70. The fraction of sp³-hybridized carbons (Fsp3) is 0.625. The molecule has 0 aliphatic heterocycles. The van der Waals surface area contributed by atoms with E-state index in [1.54, 1.807) is 0 Å². The van der Waals surface area contributed by atoms with Gasteiger partial charge in [0.15, 0.2) is 11.6 Å². The van der Waals surface area contributed by atoms with Crippen molar-refractivity contribution in [3.8, 4) is 0 Å². The number of hydrogen-bond donors (Lipinski definition) is 0. The highest BCUT2D eigenvalue weighted by Crippen LogP contribution is 2.39. The summed E-state index contributed by atoms with van der Waals surface area (Å²) < 4.78 is 1.25. The Balaban J connectivity index is 3.21. The summed E-state index contributed by atoms with van der Waals surface area (Å²) in [6.45, 7) is 0.378. The van der Waals surface area contributed by atoms with E-state index in [-0.39, 0.29) is 11.6 Å². The van der Waals surface area contributed by atoms with Crippen molar-refractivity contribution in [1.82, 2.24) is 15.0 Å². The van der Waals surface area contributed by atoms with Gasteiger partial charge in [-0.2, -0.15) is 0 Å². The molecule has 10 heteroatoms. The Labute approximate surface area is 134 Å². The Kier molecular flexibility index (Phi) is 6.00. The van der Waals surface area contributed by atoms with E-state index in [1.807, 2.05) is 0 Å². The Morgan fingerprint density at radius 2 is 1.33 bits per heavy atom. The maximum Gasteiger partial charge on any atom is 0.250 e. The largest absolute Gasteiger partial charge is 0.384 e. The molecule has 0 aliphatic carbocycles. The summed E-state index contributed by atoms with van der Waals surface area (Å²) in [4.78, 5) is 11.8. The van der Waals surface area contributed by atoms with Crippen molar-refractivity contribution in [2.45, 2.75) is 14.0 Å². The zero-order valence-electron chi connectivity index (χ0n) is 8.93. The predicted octanol–water partition coefficient (Wildman–Crippen LogP) is 3.71. The molecule has 0 spiro atoms. The van der Waals surface area contributed by atoms with Gasteiger partial charge < -0.3 is 4.74 Å². The van der Waals surface area contributed by atoms with Crippen molar-refractivity contribution >= 4 is 69.6 Å². The van der Waals surface area contributed by atoms with Gasteiger partial charge in [-0.15, -0.1) is 0 Å². The zero-order chi connectivity index (χ0) is 14.0. The zero-order valence-corrected chi connectivity index (χ0v) is 13.5. The molecule has 0 radical (unpaired) electrons. The summed E-state index contributed by atoms with van der Waals surface area (Å²) >= 11 is 34.2. The van der Waals surface area contributed by atoms with Crippen LogP contribution in [-0.4, -0.2) is 28.7 Å². The highest BCUT2D eigenvalue weighted by atomic mass is 35.6. The number of nitrogens with zero attached hydrogens (tertiary/aromatic N) is 3. The molecule has 1 heterocycles. The summed E-state index contributed by atoms with van der Waals surface area (Å²) in [5.41, 5.74) is 0. The molecule has 0 amide bonds. The Hall–Kier alpha value is 0.710. The van der Waals surface area contributed by atoms with Crippen LogP contribution in [0.15, 0.2) is 0 Å². The first-order valence-corrected chi connectivity index (χ1v) is 6.79. The molecule has 0 aromatic carbocycles. The third-order valence-electron chi connectivity index (χ3n) is 1.72. The molecule has 18 heavy (non-hydrogen) atoms. The van der Waals surface area contributed by atoms with Crippen molar-refractivity contribution in [3.05, 3.63) is 17.5 Å². The smallest absolute Gasteiger partial charge is 0.250 e.